The van der Waals surface area contributed by atoms with Crippen LogP contribution in [0.25, 0.3) is 0 Å². The fourth-order valence-corrected chi connectivity index (χ4v) is 1.47. The van der Waals surface area contributed by atoms with Crippen molar-refractivity contribution in [3.05, 3.63) is 46.6 Å². The first kappa shape index (κ1) is 12.6. The smallest absolute Gasteiger partial charge is 0.275 e. The molecule has 0 saturated heterocycles. The summed E-state index contributed by atoms with van der Waals surface area (Å²) in [7, 11) is 1.51. The van der Waals surface area contributed by atoms with Gasteiger partial charge in [0.15, 0.2) is 0 Å². The lowest BCUT2D eigenvalue weighted by Gasteiger charge is -2.08. The van der Waals surface area contributed by atoms with Gasteiger partial charge in [0.25, 0.3) is 11.5 Å². The molecule has 0 spiro atoms. The van der Waals surface area contributed by atoms with Crippen molar-refractivity contribution in [3.8, 4) is 5.75 Å². The number of nitrogens with zero attached hydrogens (tertiary/aromatic N) is 1. The van der Waals surface area contributed by atoms with Crippen LogP contribution in [0.3, 0.4) is 0 Å². The Labute approximate surface area is 108 Å². The zero-order chi connectivity index (χ0) is 13.8. The predicted octanol–water partition coefficient (Wildman–Crippen LogP) is 0.613. The number of benzene rings is 1. The normalized spacial score (nSPS) is 9.95. The second-order valence-electron chi connectivity index (χ2n) is 3.71. The number of aromatic nitrogens is 2. The summed E-state index contributed by atoms with van der Waals surface area (Å²) in [6, 6.07) is 4.87. The first-order valence-electron chi connectivity index (χ1n) is 5.40. The molecule has 0 radical (unpaired) electrons. The van der Waals surface area contributed by atoms with Crippen molar-refractivity contribution in [2.24, 2.45) is 0 Å². The summed E-state index contributed by atoms with van der Waals surface area (Å²) in [5.74, 6) is 0.0842. The summed E-state index contributed by atoms with van der Waals surface area (Å²) in [5, 5.41) is 2.61. The molecule has 4 N–H and O–H groups in total. The van der Waals surface area contributed by atoms with E-state index in [9.17, 15) is 9.59 Å². The van der Waals surface area contributed by atoms with Gasteiger partial charge in [0.2, 0.25) is 0 Å². The van der Waals surface area contributed by atoms with Crippen LogP contribution in [0, 0.1) is 0 Å². The van der Waals surface area contributed by atoms with Crippen LogP contribution in [0.5, 0.6) is 5.75 Å². The fourth-order valence-electron chi connectivity index (χ4n) is 1.47. The maximum atomic E-state index is 11.8. The van der Waals surface area contributed by atoms with E-state index >= 15 is 0 Å². The number of H-pyrrole nitrogens is 1. The average molecular weight is 260 g/mol. The molecule has 1 aromatic carbocycles. The molecule has 1 heterocycles. The number of methoxy groups -OCH3 is 1. The van der Waals surface area contributed by atoms with Crippen molar-refractivity contribution in [3.63, 3.8) is 0 Å². The van der Waals surface area contributed by atoms with E-state index in [1.807, 2.05) is 0 Å². The number of carbonyl (C=O) groups is 1. The standard InChI is InChI=1S/C12H12N4O3/c1-19-10-3-2-7(4-8(10)13)16-12(18)9-5-15-11(17)6-14-9/h2-6H,13H2,1H3,(H,15,17)(H,16,18). The number of amides is 1. The van der Waals surface area contributed by atoms with Crippen LogP contribution in [0.2, 0.25) is 0 Å². The van der Waals surface area contributed by atoms with Gasteiger partial charge >= 0.3 is 0 Å². The van der Waals surface area contributed by atoms with Gasteiger partial charge in [-0.15, -0.1) is 0 Å². The molecule has 0 fully saturated rings. The quantitative estimate of drug-likeness (QED) is 0.700. The van der Waals surface area contributed by atoms with Gasteiger partial charge in [-0.3, -0.25) is 9.59 Å². The third-order valence-electron chi connectivity index (χ3n) is 2.39. The Morgan fingerprint density at radius 2 is 2.26 bits per heavy atom. The first-order chi connectivity index (χ1) is 9.10. The van der Waals surface area contributed by atoms with Crippen molar-refractivity contribution in [1.29, 1.82) is 0 Å². The summed E-state index contributed by atoms with van der Waals surface area (Å²) in [6.45, 7) is 0. The van der Waals surface area contributed by atoms with E-state index < -0.39 is 5.91 Å². The first-order valence-corrected chi connectivity index (χ1v) is 5.40. The van der Waals surface area contributed by atoms with Gasteiger partial charge in [-0.2, -0.15) is 0 Å². The fraction of sp³-hybridized carbons (Fsp3) is 0.0833. The van der Waals surface area contributed by atoms with Crippen molar-refractivity contribution in [1.82, 2.24) is 9.97 Å². The van der Waals surface area contributed by atoms with Crippen LogP contribution in [-0.2, 0) is 0 Å². The average Bonchev–Trinajstić information content (AvgIpc) is 2.39. The number of anilines is 2. The number of hydrogen-bond acceptors (Lipinski definition) is 5. The summed E-state index contributed by atoms with van der Waals surface area (Å²) < 4.78 is 5.01. The highest BCUT2D eigenvalue weighted by atomic mass is 16.5. The van der Waals surface area contributed by atoms with Crippen molar-refractivity contribution in [2.45, 2.75) is 0 Å². The lowest BCUT2D eigenvalue weighted by atomic mass is 10.2. The molecule has 7 heteroatoms. The van der Waals surface area contributed by atoms with Gasteiger partial charge in [0.1, 0.15) is 11.4 Å². The largest absolute Gasteiger partial charge is 0.495 e. The minimum absolute atomic E-state index is 0.106. The number of nitrogen functional groups attached to an aromatic ring is 1. The Hall–Kier alpha value is -2.83. The van der Waals surface area contributed by atoms with E-state index in [2.05, 4.69) is 15.3 Å². The topological polar surface area (TPSA) is 110 Å². The van der Waals surface area contributed by atoms with Crippen LogP contribution in [-0.4, -0.2) is 23.0 Å². The van der Waals surface area contributed by atoms with Gasteiger partial charge < -0.3 is 20.8 Å². The molecule has 98 valence electrons. The monoisotopic (exact) mass is 260 g/mol. The molecule has 0 unspecified atom stereocenters. The Kier molecular flexibility index (Phi) is 3.46. The Morgan fingerprint density at radius 3 is 2.84 bits per heavy atom. The molecule has 1 aromatic heterocycles. The van der Waals surface area contributed by atoms with Crippen LogP contribution in [0.1, 0.15) is 10.5 Å². The van der Waals surface area contributed by atoms with Crippen LogP contribution >= 0.6 is 0 Å². The van der Waals surface area contributed by atoms with Gasteiger partial charge in [-0.05, 0) is 18.2 Å². The number of hydrogen-bond donors (Lipinski definition) is 3. The maximum absolute atomic E-state index is 11.8. The number of ether oxygens (including phenoxy) is 1. The number of nitrogens with two attached hydrogens (primary N) is 1. The van der Waals surface area contributed by atoms with Crippen LogP contribution < -0.4 is 21.3 Å². The second-order valence-corrected chi connectivity index (χ2v) is 3.71. The highest BCUT2D eigenvalue weighted by Gasteiger charge is 2.08. The van der Waals surface area contributed by atoms with Crippen molar-refractivity contribution >= 4 is 17.3 Å². The Morgan fingerprint density at radius 1 is 1.47 bits per heavy atom. The van der Waals surface area contributed by atoms with Crippen molar-refractivity contribution < 1.29 is 9.53 Å². The van der Waals surface area contributed by atoms with E-state index in [0.29, 0.717) is 17.1 Å². The van der Waals surface area contributed by atoms with Gasteiger partial charge in [0, 0.05) is 11.9 Å². The molecule has 0 aliphatic rings. The third-order valence-corrected chi connectivity index (χ3v) is 2.39. The predicted molar refractivity (Wildman–Crippen MR) is 70.2 cm³/mol. The molecule has 1 amide bonds. The van der Waals surface area contributed by atoms with Gasteiger partial charge in [-0.25, -0.2) is 4.98 Å². The summed E-state index contributed by atoms with van der Waals surface area (Å²) in [4.78, 5) is 28.8. The number of rotatable bonds is 3. The zero-order valence-corrected chi connectivity index (χ0v) is 10.1. The summed E-state index contributed by atoms with van der Waals surface area (Å²) in [6.07, 6.45) is 2.28. The van der Waals surface area contributed by atoms with E-state index in [1.165, 1.54) is 13.3 Å². The van der Waals surface area contributed by atoms with E-state index in [0.717, 1.165) is 6.20 Å². The molecule has 0 atom stereocenters. The highest BCUT2D eigenvalue weighted by molar-refractivity contribution is 6.02. The molecule has 2 rings (SSSR count). The van der Waals surface area contributed by atoms with Crippen molar-refractivity contribution in [2.75, 3.05) is 18.2 Å². The number of aromatic amines is 1. The summed E-state index contributed by atoms with van der Waals surface area (Å²) in [5.41, 5.74) is 6.38. The molecule has 7 nitrogen and oxygen atoms in total. The van der Waals surface area contributed by atoms with Crippen LogP contribution in [0.15, 0.2) is 35.4 Å². The maximum Gasteiger partial charge on any atom is 0.275 e. The molecule has 0 aliphatic heterocycles. The Bertz CT molecular complexity index is 646. The molecule has 0 bridgehead atoms. The minimum atomic E-state index is -0.444. The second kappa shape index (κ2) is 5.21. The van der Waals surface area contributed by atoms with Gasteiger partial charge in [0.05, 0.1) is 19.0 Å². The molecular weight excluding hydrogens is 248 g/mol. The molecule has 19 heavy (non-hydrogen) atoms. The van der Waals surface area contributed by atoms with Crippen LogP contribution in [0.4, 0.5) is 11.4 Å². The SMILES string of the molecule is COc1ccc(NC(=O)c2c[nH]c(=O)cn2)cc1N. The molecule has 2 aromatic rings. The lowest BCUT2D eigenvalue weighted by molar-refractivity contribution is 0.102. The van der Waals surface area contributed by atoms with Gasteiger partial charge in [-0.1, -0.05) is 0 Å². The molecular formula is C12H12N4O3. The number of nitrogens with one attached hydrogen (secondary N) is 2. The minimum Gasteiger partial charge on any atom is -0.495 e. The highest BCUT2D eigenvalue weighted by Crippen LogP contribution is 2.24. The number of carbonyl (C=O) groups excluding carboxylic acids is 1. The van der Waals surface area contributed by atoms with E-state index in [-0.39, 0.29) is 11.3 Å². The lowest BCUT2D eigenvalue weighted by Crippen LogP contribution is -2.17. The summed E-state index contributed by atoms with van der Waals surface area (Å²) >= 11 is 0. The molecule has 0 saturated carbocycles. The van der Waals surface area contributed by atoms with E-state index in [4.69, 9.17) is 10.5 Å². The Balaban J connectivity index is 2.17. The molecule has 0 aliphatic carbocycles. The third kappa shape index (κ3) is 2.89. The zero-order valence-electron chi connectivity index (χ0n) is 10.1. The van der Waals surface area contributed by atoms with E-state index in [1.54, 1.807) is 18.2 Å².